The van der Waals surface area contributed by atoms with Gasteiger partial charge in [-0.1, -0.05) is 60.2 Å². The largest absolute Gasteiger partial charge is 2.00 e. The van der Waals surface area contributed by atoms with Gasteiger partial charge in [0.15, 0.2) is 0 Å². The van der Waals surface area contributed by atoms with Crippen molar-refractivity contribution in [2.45, 2.75) is 0 Å². The van der Waals surface area contributed by atoms with Crippen LogP contribution in [-0.4, -0.2) is 0 Å². The summed E-state index contributed by atoms with van der Waals surface area (Å²) < 4.78 is 0. The molecule has 0 aliphatic carbocycles. The number of halogens is 1. The SMILES string of the molecule is [I-].[Zn+2].[c-]1ccc(-c2ccc(-c3ccccc3)cc2)s1. The van der Waals surface area contributed by atoms with E-state index >= 15 is 0 Å². The second-order valence-corrected chi connectivity index (χ2v) is 4.74. The van der Waals surface area contributed by atoms with E-state index in [9.17, 15) is 0 Å². The molecule has 1 heterocycles. The van der Waals surface area contributed by atoms with Gasteiger partial charge in [-0.05, 0) is 11.1 Å². The van der Waals surface area contributed by atoms with Crippen LogP contribution in [-0.2, 0) is 19.5 Å². The molecule has 0 unspecified atom stereocenters. The van der Waals surface area contributed by atoms with Crippen LogP contribution >= 0.6 is 11.3 Å². The maximum Gasteiger partial charge on any atom is 2.00 e. The van der Waals surface area contributed by atoms with Crippen molar-refractivity contribution in [3.05, 3.63) is 72.1 Å². The van der Waals surface area contributed by atoms with Gasteiger partial charge in [0.05, 0.1) is 0 Å². The minimum Gasteiger partial charge on any atom is -1.00 e. The van der Waals surface area contributed by atoms with Crippen LogP contribution < -0.4 is 24.0 Å². The molecular formula is C16H11ISZn. The first-order valence-corrected chi connectivity index (χ1v) is 6.37. The van der Waals surface area contributed by atoms with E-state index in [4.69, 9.17) is 0 Å². The van der Waals surface area contributed by atoms with Gasteiger partial charge in [-0.25, -0.2) is 0 Å². The molecule has 0 fully saturated rings. The van der Waals surface area contributed by atoms with Crippen molar-refractivity contribution in [1.29, 1.82) is 0 Å². The van der Waals surface area contributed by atoms with Gasteiger partial charge in [-0.15, -0.1) is 10.3 Å². The minimum absolute atomic E-state index is 0. The number of hydrogen-bond donors (Lipinski definition) is 0. The molecule has 0 saturated heterocycles. The normalized spacial score (nSPS) is 9.26. The van der Waals surface area contributed by atoms with Crippen molar-refractivity contribution in [3.63, 3.8) is 0 Å². The van der Waals surface area contributed by atoms with Crippen LogP contribution in [0.4, 0.5) is 0 Å². The molecule has 2 aromatic carbocycles. The van der Waals surface area contributed by atoms with Crippen LogP contribution in [0.3, 0.4) is 0 Å². The van der Waals surface area contributed by atoms with Gasteiger partial charge in [0.25, 0.3) is 0 Å². The minimum atomic E-state index is 0. The Bertz CT molecular complexity index is 588. The quantitative estimate of drug-likeness (QED) is 0.333. The van der Waals surface area contributed by atoms with Gasteiger partial charge in [0.2, 0.25) is 0 Å². The molecule has 0 aliphatic heterocycles. The zero-order chi connectivity index (χ0) is 11.5. The molecule has 1 aromatic heterocycles. The molecule has 0 radical (unpaired) electrons. The topological polar surface area (TPSA) is 0 Å². The van der Waals surface area contributed by atoms with Crippen molar-refractivity contribution < 1.29 is 43.5 Å². The molecular weight excluding hydrogens is 417 g/mol. The number of rotatable bonds is 2. The average Bonchev–Trinajstić information content (AvgIpc) is 2.94. The molecule has 90 valence electrons. The van der Waals surface area contributed by atoms with Crippen molar-refractivity contribution in [2.75, 3.05) is 0 Å². The van der Waals surface area contributed by atoms with E-state index < -0.39 is 0 Å². The first-order chi connectivity index (χ1) is 8.43. The Kier molecular flexibility index (Phi) is 6.91. The van der Waals surface area contributed by atoms with E-state index in [1.807, 2.05) is 12.1 Å². The Morgan fingerprint density at radius 1 is 0.684 bits per heavy atom. The fourth-order valence-corrected chi connectivity index (χ4v) is 2.51. The van der Waals surface area contributed by atoms with E-state index in [-0.39, 0.29) is 43.5 Å². The first-order valence-electron chi connectivity index (χ1n) is 5.55. The van der Waals surface area contributed by atoms with Crippen LogP contribution in [0.15, 0.2) is 66.7 Å². The van der Waals surface area contributed by atoms with E-state index in [1.165, 1.54) is 21.6 Å². The molecule has 0 amide bonds. The molecule has 0 N–H and O–H groups in total. The van der Waals surface area contributed by atoms with Crippen molar-refractivity contribution >= 4 is 11.3 Å². The molecule has 3 rings (SSSR count). The third-order valence-corrected chi connectivity index (χ3v) is 3.59. The summed E-state index contributed by atoms with van der Waals surface area (Å²) in [5.41, 5.74) is 3.78. The van der Waals surface area contributed by atoms with Crippen molar-refractivity contribution in [2.24, 2.45) is 0 Å². The van der Waals surface area contributed by atoms with E-state index in [0.717, 1.165) is 0 Å². The number of thiophene rings is 1. The predicted molar refractivity (Wildman–Crippen MR) is 74.0 cm³/mol. The van der Waals surface area contributed by atoms with Gasteiger partial charge in [0.1, 0.15) is 0 Å². The Labute approximate surface area is 147 Å². The van der Waals surface area contributed by atoms with E-state index in [2.05, 4.69) is 60.0 Å². The summed E-state index contributed by atoms with van der Waals surface area (Å²) >= 11 is 1.65. The van der Waals surface area contributed by atoms with Crippen LogP contribution in [0.2, 0.25) is 0 Å². The third-order valence-electron chi connectivity index (χ3n) is 2.75. The molecule has 0 spiro atoms. The number of hydrogen-bond acceptors (Lipinski definition) is 1. The third kappa shape index (κ3) is 3.98. The van der Waals surface area contributed by atoms with Gasteiger partial charge >= 0.3 is 19.5 Å². The molecule has 3 aromatic rings. The molecule has 0 aliphatic rings. The summed E-state index contributed by atoms with van der Waals surface area (Å²) in [7, 11) is 0. The maximum absolute atomic E-state index is 3.12. The first kappa shape index (κ1) is 16.5. The Morgan fingerprint density at radius 2 is 1.26 bits per heavy atom. The molecule has 0 nitrogen and oxygen atoms in total. The molecule has 0 atom stereocenters. The van der Waals surface area contributed by atoms with Crippen LogP contribution in [0.5, 0.6) is 0 Å². The predicted octanol–water partition coefficient (Wildman–Crippen LogP) is 1.88. The Morgan fingerprint density at radius 3 is 1.84 bits per heavy atom. The molecule has 0 saturated carbocycles. The van der Waals surface area contributed by atoms with Gasteiger partial charge in [-0.3, -0.25) is 11.3 Å². The zero-order valence-corrected chi connectivity index (χ0v) is 16.3. The summed E-state index contributed by atoms with van der Waals surface area (Å²) in [5, 5.41) is 3.12. The summed E-state index contributed by atoms with van der Waals surface area (Å²) in [5.74, 6) is 0. The standard InChI is InChI=1S/C16H11S.HI.Zn/c1-2-5-13(6-3-1)14-8-10-15(11-9-14)16-7-4-12-17-16;;/h1-11H;1H;/q-1;;+2/p-1. The fraction of sp³-hybridized carbons (Fsp3) is 0. The van der Waals surface area contributed by atoms with Crippen LogP contribution in [0, 0.1) is 5.38 Å². The Balaban J connectivity index is 0.000000902. The smallest absolute Gasteiger partial charge is 1.00 e. The van der Waals surface area contributed by atoms with Crippen LogP contribution in [0.25, 0.3) is 21.6 Å². The summed E-state index contributed by atoms with van der Waals surface area (Å²) in [6, 6.07) is 23.2. The van der Waals surface area contributed by atoms with Gasteiger partial charge < -0.3 is 24.0 Å². The van der Waals surface area contributed by atoms with Crippen molar-refractivity contribution in [1.82, 2.24) is 0 Å². The number of benzene rings is 2. The van der Waals surface area contributed by atoms with Gasteiger partial charge in [0, 0.05) is 0 Å². The molecule has 3 heteroatoms. The average molecular weight is 428 g/mol. The molecule has 0 bridgehead atoms. The molecule has 19 heavy (non-hydrogen) atoms. The zero-order valence-electron chi connectivity index (χ0n) is 10.3. The summed E-state index contributed by atoms with van der Waals surface area (Å²) in [4.78, 5) is 1.27. The Hall–Kier alpha value is -0.507. The second kappa shape index (κ2) is 7.93. The maximum atomic E-state index is 3.12. The van der Waals surface area contributed by atoms with Crippen LogP contribution in [0.1, 0.15) is 0 Å². The monoisotopic (exact) mass is 426 g/mol. The van der Waals surface area contributed by atoms with Crippen molar-refractivity contribution in [3.8, 4) is 21.6 Å². The summed E-state index contributed by atoms with van der Waals surface area (Å²) in [6.07, 6.45) is 0. The summed E-state index contributed by atoms with van der Waals surface area (Å²) in [6.45, 7) is 0. The van der Waals surface area contributed by atoms with Gasteiger partial charge in [-0.2, -0.15) is 12.1 Å². The fourth-order valence-electron chi connectivity index (χ4n) is 1.85. The van der Waals surface area contributed by atoms with E-state index in [0.29, 0.717) is 0 Å². The second-order valence-electron chi connectivity index (χ2n) is 3.86. The van der Waals surface area contributed by atoms with E-state index in [1.54, 1.807) is 11.3 Å².